The molecule has 5 rings (SSSR count). The number of imidazole rings is 1. The molecule has 3 atom stereocenters. The molecule has 1 aliphatic carbocycles. The Bertz CT molecular complexity index is 1160. The van der Waals surface area contributed by atoms with Gasteiger partial charge in [-0.1, -0.05) is 37.1 Å². The molecular formula is C28H35N3O2. The lowest BCUT2D eigenvalue weighted by atomic mass is 9.75. The number of aliphatic carboxylic acids is 1. The number of fused-ring (bicyclic) bond motifs is 1. The predicted molar refractivity (Wildman–Crippen MR) is 133 cm³/mol. The van der Waals surface area contributed by atoms with Crippen LogP contribution in [0.5, 0.6) is 0 Å². The third-order valence-corrected chi connectivity index (χ3v) is 8.04. The molecule has 1 aromatic heterocycles. The average Bonchev–Trinajstić information content (AvgIpc) is 3.12. The number of hydrogen-bond acceptors (Lipinski definition) is 3. The second kappa shape index (κ2) is 8.94. The van der Waals surface area contributed by atoms with Crippen molar-refractivity contribution < 1.29 is 9.90 Å². The van der Waals surface area contributed by atoms with Gasteiger partial charge < -0.3 is 14.6 Å². The molecule has 5 heteroatoms. The fourth-order valence-electron chi connectivity index (χ4n) is 6.15. The lowest BCUT2D eigenvalue weighted by molar-refractivity contribution is -0.143. The Morgan fingerprint density at radius 2 is 1.76 bits per heavy atom. The number of rotatable bonds is 4. The first-order valence-corrected chi connectivity index (χ1v) is 12.4. The molecule has 1 saturated heterocycles. The van der Waals surface area contributed by atoms with Crippen LogP contribution in [0.15, 0.2) is 36.4 Å². The molecule has 2 aromatic carbocycles. The average molecular weight is 446 g/mol. The SMILES string of the molecule is Cc1nc2cc(-c3ccc([C@@H]4CCCCC4C(=O)O)cc3)cc([C@H]3CCCN(C)C3)c2n1C. The first-order valence-electron chi connectivity index (χ1n) is 12.4. The van der Waals surface area contributed by atoms with Gasteiger partial charge in [-0.2, -0.15) is 0 Å². The standard InChI is InChI=1S/C28H35N3O2/c1-18-29-26-16-22(15-25(27(26)31(18)3)21-7-6-14-30(2)17-21)19-10-12-20(13-11-19)23-8-4-5-9-24(23)28(32)33/h10-13,15-16,21,23-24H,4-9,14,17H2,1-3H3,(H,32,33)/t21-,23-,24?/m0/s1. The minimum absolute atomic E-state index is 0.125. The van der Waals surface area contributed by atoms with Crippen molar-refractivity contribution in [2.45, 2.75) is 57.3 Å². The van der Waals surface area contributed by atoms with Crippen LogP contribution in [0.1, 0.15) is 67.3 Å². The van der Waals surface area contributed by atoms with Gasteiger partial charge in [-0.15, -0.1) is 0 Å². The number of carboxylic acid groups (broad SMARTS) is 1. The van der Waals surface area contributed by atoms with Gasteiger partial charge in [-0.3, -0.25) is 4.79 Å². The lowest BCUT2D eigenvalue weighted by Crippen LogP contribution is -2.31. The minimum Gasteiger partial charge on any atom is -0.481 e. The fourth-order valence-corrected chi connectivity index (χ4v) is 6.15. The van der Waals surface area contributed by atoms with Crippen molar-refractivity contribution in [3.63, 3.8) is 0 Å². The van der Waals surface area contributed by atoms with Gasteiger partial charge in [0.25, 0.3) is 0 Å². The molecule has 2 heterocycles. The van der Waals surface area contributed by atoms with Gasteiger partial charge in [0.1, 0.15) is 5.82 Å². The van der Waals surface area contributed by atoms with E-state index in [0.29, 0.717) is 5.92 Å². The van der Waals surface area contributed by atoms with E-state index in [1.165, 1.54) is 41.6 Å². The summed E-state index contributed by atoms with van der Waals surface area (Å²) < 4.78 is 2.24. The summed E-state index contributed by atoms with van der Waals surface area (Å²) in [5.74, 6) is 0.771. The molecule has 1 saturated carbocycles. The Morgan fingerprint density at radius 1 is 1.00 bits per heavy atom. The Kier molecular flexibility index (Phi) is 6.00. The number of carbonyl (C=O) groups is 1. The van der Waals surface area contributed by atoms with Gasteiger partial charge in [0.2, 0.25) is 0 Å². The number of likely N-dealkylation sites (tertiary alicyclic amines) is 1. The molecule has 174 valence electrons. The highest BCUT2D eigenvalue weighted by Crippen LogP contribution is 2.40. The molecule has 1 N–H and O–H groups in total. The van der Waals surface area contributed by atoms with Crippen molar-refractivity contribution in [3.8, 4) is 11.1 Å². The fraction of sp³-hybridized carbons (Fsp3) is 0.500. The molecule has 1 aliphatic heterocycles. The monoisotopic (exact) mass is 445 g/mol. The zero-order valence-corrected chi connectivity index (χ0v) is 20.1. The van der Waals surface area contributed by atoms with Gasteiger partial charge in [0, 0.05) is 13.6 Å². The van der Waals surface area contributed by atoms with Crippen LogP contribution in [-0.4, -0.2) is 45.7 Å². The number of piperidine rings is 1. The van der Waals surface area contributed by atoms with Crippen LogP contribution >= 0.6 is 0 Å². The van der Waals surface area contributed by atoms with E-state index in [2.05, 4.69) is 66.9 Å². The van der Waals surface area contributed by atoms with Gasteiger partial charge in [0.05, 0.1) is 17.0 Å². The van der Waals surface area contributed by atoms with E-state index in [-0.39, 0.29) is 11.8 Å². The highest BCUT2D eigenvalue weighted by atomic mass is 16.4. The van der Waals surface area contributed by atoms with Crippen LogP contribution in [0, 0.1) is 12.8 Å². The number of benzene rings is 2. The van der Waals surface area contributed by atoms with E-state index in [1.54, 1.807) is 0 Å². The summed E-state index contributed by atoms with van der Waals surface area (Å²) in [6.45, 7) is 4.33. The van der Waals surface area contributed by atoms with E-state index >= 15 is 0 Å². The highest BCUT2D eigenvalue weighted by molar-refractivity contribution is 5.86. The molecule has 0 bridgehead atoms. The van der Waals surface area contributed by atoms with Crippen LogP contribution in [-0.2, 0) is 11.8 Å². The Labute approximate surface area is 196 Å². The largest absolute Gasteiger partial charge is 0.481 e. The summed E-state index contributed by atoms with van der Waals surface area (Å²) in [7, 11) is 4.34. The molecule has 2 aliphatic rings. The summed E-state index contributed by atoms with van der Waals surface area (Å²) in [4.78, 5) is 19.1. The quantitative estimate of drug-likeness (QED) is 0.558. The van der Waals surface area contributed by atoms with E-state index in [9.17, 15) is 9.90 Å². The van der Waals surface area contributed by atoms with Gasteiger partial charge in [-0.05, 0) is 92.4 Å². The summed E-state index contributed by atoms with van der Waals surface area (Å²) in [6, 6.07) is 13.3. The zero-order chi connectivity index (χ0) is 23.1. The molecule has 3 aromatic rings. The third kappa shape index (κ3) is 4.19. The molecule has 33 heavy (non-hydrogen) atoms. The van der Waals surface area contributed by atoms with Crippen LogP contribution < -0.4 is 0 Å². The van der Waals surface area contributed by atoms with E-state index < -0.39 is 5.97 Å². The van der Waals surface area contributed by atoms with Crippen molar-refractivity contribution >= 4 is 17.0 Å². The molecule has 0 amide bonds. The highest BCUT2D eigenvalue weighted by Gasteiger charge is 2.31. The van der Waals surface area contributed by atoms with E-state index in [1.807, 2.05) is 0 Å². The lowest BCUT2D eigenvalue weighted by Gasteiger charge is -2.31. The first kappa shape index (κ1) is 22.1. The van der Waals surface area contributed by atoms with E-state index in [0.717, 1.165) is 49.1 Å². The topological polar surface area (TPSA) is 58.4 Å². The van der Waals surface area contributed by atoms with E-state index in [4.69, 9.17) is 4.98 Å². The molecule has 2 fully saturated rings. The second-order valence-corrected chi connectivity index (χ2v) is 10.2. The van der Waals surface area contributed by atoms with Crippen molar-refractivity contribution in [2.75, 3.05) is 20.1 Å². The van der Waals surface area contributed by atoms with Crippen molar-refractivity contribution in [1.29, 1.82) is 0 Å². The maximum atomic E-state index is 11.8. The molecule has 0 spiro atoms. The number of hydrogen-bond donors (Lipinski definition) is 1. The maximum absolute atomic E-state index is 11.8. The number of likely N-dealkylation sites (N-methyl/N-ethyl adjacent to an activating group) is 1. The summed E-state index contributed by atoms with van der Waals surface area (Å²) in [5, 5.41) is 9.69. The summed E-state index contributed by atoms with van der Waals surface area (Å²) in [6.07, 6.45) is 6.33. The Hall–Kier alpha value is -2.66. The van der Waals surface area contributed by atoms with Crippen LogP contribution in [0.3, 0.4) is 0 Å². The second-order valence-electron chi connectivity index (χ2n) is 10.2. The van der Waals surface area contributed by atoms with Crippen molar-refractivity contribution in [1.82, 2.24) is 14.5 Å². The van der Waals surface area contributed by atoms with Crippen LogP contribution in [0.25, 0.3) is 22.2 Å². The number of aryl methyl sites for hydroxylation is 2. The maximum Gasteiger partial charge on any atom is 0.307 e. The van der Waals surface area contributed by atoms with Gasteiger partial charge in [-0.25, -0.2) is 4.98 Å². The minimum atomic E-state index is -0.651. The van der Waals surface area contributed by atoms with Crippen molar-refractivity contribution in [2.24, 2.45) is 13.0 Å². The number of aromatic nitrogens is 2. The normalized spacial score (nSPS) is 24.3. The Balaban J connectivity index is 1.53. The number of carboxylic acids is 1. The van der Waals surface area contributed by atoms with Crippen LogP contribution in [0.2, 0.25) is 0 Å². The zero-order valence-electron chi connectivity index (χ0n) is 20.1. The number of nitrogens with zero attached hydrogens (tertiary/aromatic N) is 3. The van der Waals surface area contributed by atoms with Gasteiger partial charge >= 0.3 is 5.97 Å². The molecule has 0 radical (unpaired) electrons. The molecule has 1 unspecified atom stereocenters. The summed E-state index contributed by atoms with van der Waals surface area (Å²) in [5.41, 5.74) is 7.28. The van der Waals surface area contributed by atoms with Crippen LogP contribution in [0.4, 0.5) is 0 Å². The third-order valence-electron chi connectivity index (χ3n) is 8.04. The Morgan fingerprint density at radius 3 is 2.48 bits per heavy atom. The first-order chi connectivity index (χ1) is 15.9. The summed E-state index contributed by atoms with van der Waals surface area (Å²) >= 11 is 0. The molecular weight excluding hydrogens is 410 g/mol. The smallest absolute Gasteiger partial charge is 0.307 e. The van der Waals surface area contributed by atoms with Gasteiger partial charge in [0.15, 0.2) is 0 Å². The predicted octanol–water partition coefficient (Wildman–Crippen LogP) is 5.72. The molecule has 5 nitrogen and oxygen atoms in total. The van der Waals surface area contributed by atoms with Crippen molar-refractivity contribution in [3.05, 3.63) is 53.3 Å².